The van der Waals surface area contributed by atoms with E-state index in [-0.39, 0.29) is 0 Å². The molecule has 0 aliphatic heterocycles. The molecule has 1 fully saturated rings. The summed E-state index contributed by atoms with van der Waals surface area (Å²) < 4.78 is 1.88. The van der Waals surface area contributed by atoms with E-state index in [0.29, 0.717) is 0 Å². The van der Waals surface area contributed by atoms with Crippen molar-refractivity contribution in [2.75, 3.05) is 25.5 Å². The number of likely N-dealkylation sites (N-methyl/N-ethyl adjacent to an activating group) is 1. The SMILES string of the molecule is Cc1cc2c(NCCN(C)C3CCCC3)nccn2n1. The van der Waals surface area contributed by atoms with Gasteiger partial charge in [-0.3, -0.25) is 0 Å². The predicted molar refractivity (Wildman–Crippen MR) is 81.1 cm³/mol. The maximum atomic E-state index is 4.42. The third kappa shape index (κ3) is 2.77. The number of aromatic nitrogens is 3. The molecule has 0 unspecified atom stereocenters. The molecule has 0 spiro atoms. The summed E-state index contributed by atoms with van der Waals surface area (Å²) in [5, 5.41) is 7.85. The molecule has 2 aromatic rings. The molecular formula is C15H23N5. The van der Waals surface area contributed by atoms with Gasteiger partial charge in [0.1, 0.15) is 5.52 Å². The molecule has 0 aromatic carbocycles. The van der Waals surface area contributed by atoms with Crippen LogP contribution in [-0.2, 0) is 0 Å². The highest BCUT2D eigenvalue weighted by molar-refractivity contribution is 5.67. The monoisotopic (exact) mass is 273 g/mol. The molecular weight excluding hydrogens is 250 g/mol. The molecule has 3 rings (SSSR count). The Morgan fingerprint density at radius 3 is 3.00 bits per heavy atom. The Labute approximate surface area is 120 Å². The molecule has 0 radical (unpaired) electrons. The Bertz CT molecular complexity index is 571. The summed E-state index contributed by atoms with van der Waals surface area (Å²) in [6, 6.07) is 2.84. The fourth-order valence-corrected chi connectivity index (χ4v) is 3.06. The summed E-state index contributed by atoms with van der Waals surface area (Å²) >= 11 is 0. The molecule has 20 heavy (non-hydrogen) atoms. The third-order valence-corrected chi connectivity index (χ3v) is 4.22. The first kappa shape index (κ1) is 13.4. The number of rotatable bonds is 5. The van der Waals surface area contributed by atoms with E-state index < -0.39 is 0 Å². The molecule has 1 N–H and O–H groups in total. The van der Waals surface area contributed by atoms with E-state index in [1.165, 1.54) is 25.7 Å². The lowest BCUT2D eigenvalue weighted by atomic mass is 10.2. The van der Waals surface area contributed by atoms with Crippen molar-refractivity contribution in [1.82, 2.24) is 19.5 Å². The van der Waals surface area contributed by atoms with Crippen LogP contribution in [0.1, 0.15) is 31.4 Å². The lowest BCUT2D eigenvalue weighted by Gasteiger charge is -2.24. The molecule has 0 atom stereocenters. The Morgan fingerprint density at radius 2 is 2.20 bits per heavy atom. The second-order valence-electron chi connectivity index (χ2n) is 5.74. The summed E-state index contributed by atoms with van der Waals surface area (Å²) in [6.45, 7) is 3.98. The molecule has 0 bridgehead atoms. The molecule has 5 nitrogen and oxygen atoms in total. The van der Waals surface area contributed by atoms with E-state index in [9.17, 15) is 0 Å². The van der Waals surface area contributed by atoms with Crippen molar-refractivity contribution in [3.63, 3.8) is 0 Å². The third-order valence-electron chi connectivity index (χ3n) is 4.22. The lowest BCUT2D eigenvalue weighted by Crippen LogP contribution is -2.33. The summed E-state index contributed by atoms with van der Waals surface area (Å²) in [5.74, 6) is 0.924. The van der Waals surface area contributed by atoms with Crippen LogP contribution in [-0.4, -0.2) is 45.7 Å². The number of anilines is 1. The van der Waals surface area contributed by atoms with Crippen LogP contribution < -0.4 is 5.32 Å². The first-order chi connectivity index (χ1) is 9.74. The van der Waals surface area contributed by atoms with Gasteiger partial charge < -0.3 is 10.2 Å². The van der Waals surface area contributed by atoms with Gasteiger partial charge in [0.05, 0.1) is 5.69 Å². The normalized spacial score (nSPS) is 16.4. The quantitative estimate of drug-likeness (QED) is 0.908. The van der Waals surface area contributed by atoms with Crippen molar-refractivity contribution in [2.24, 2.45) is 0 Å². The fraction of sp³-hybridized carbons (Fsp3) is 0.600. The first-order valence-electron chi connectivity index (χ1n) is 7.49. The average molecular weight is 273 g/mol. The Kier molecular flexibility index (Phi) is 3.87. The zero-order valence-electron chi connectivity index (χ0n) is 12.3. The first-order valence-corrected chi connectivity index (χ1v) is 7.49. The lowest BCUT2D eigenvalue weighted by molar-refractivity contribution is 0.254. The second kappa shape index (κ2) is 5.79. The van der Waals surface area contributed by atoms with Crippen molar-refractivity contribution >= 4 is 11.3 Å². The van der Waals surface area contributed by atoms with E-state index in [1.807, 2.05) is 17.6 Å². The molecule has 1 aliphatic rings. The minimum Gasteiger partial charge on any atom is -0.367 e. The van der Waals surface area contributed by atoms with Crippen LogP contribution in [0.2, 0.25) is 0 Å². The van der Waals surface area contributed by atoms with Crippen molar-refractivity contribution in [3.8, 4) is 0 Å². The van der Waals surface area contributed by atoms with Crippen molar-refractivity contribution in [2.45, 2.75) is 38.6 Å². The van der Waals surface area contributed by atoms with Crippen LogP contribution >= 0.6 is 0 Å². The Morgan fingerprint density at radius 1 is 1.40 bits per heavy atom. The number of hydrogen-bond acceptors (Lipinski definition) is 4. The van der Waals surface area contributed by atoms with Crippen LogP contribution in [0, 0.1) is 6.92 Å². The van der Waals surface area contributed by atoms with Gasteiger partial charge in [-0.1, -0.05) is 12.8 Å². The number of nitrogens with one attached hydrogen (secondary N) is 1. The maximum absolute atomic E-state index is 4.42. The molecule has 2 heterocycles. The molecule has 0 amide bonds. The summed E-state index contributed by atoms with van der Waals surface area (Å²) in [4.78, 5) is 6.90. The van der Waals surface area contributed by atoms with Gasteiger partial charge in [-0.15, -0.1) is 0 Å². The standard InChI is InChI=1S/C15H23N5/c1-12-11-14-15(17-8-10-20(14)18-12)16-7-9-19(2)13-5-3-4-6-13/h8,10-11,13H,3-7,9H2,1-2H3,(H,16,17). The van der Waals surface area contributed by atoms with E-state index in [0.717, 1.165) is 36.2 Å². The molecule has 5 heteroatoms. The van der Waals surface area contributed by atoms with Gasteiger partial charge in [0.2, 0.25) is 0 Å². The van der Waals surface area contributed by atoms with E-state index in [2.05, 4.69) is 33.4 Å². The molecule has 1 aliphatic carbocycles. The average Bonchev–Trinajstić information content (AvgIpc) is 3.06. The molecule has 2 aromatic heterocycles. The smallest absolute Gasteiger partial charge is 0.152 e. The highest BCUT2D eigenvalue weighted by atomic mass is 15.2. The predicted octanol–water partition coefficient (Wildman–Crippen LogP) is 2.32. The van der Waals surface area contributed by atoms with E-state index in [1.54, 1.807) is 6.20 Å². The van der Waals surface area contributed by atoms with Gasteiger partial charge >= 0.3 is 0 Å². The molecule has 108 valence electrons. The summed E-state index contributed by atoms with van der Waals surface area (Å²) in [6.07, 6.45) is 9.16. The number of hydrogen-bond donors (Lipinski definition) is 1. The van der Waals surface area contributed by atoms with Gasteiger partial charge in [0, 0.05) is 31.5 Å². The van der Waals surface area contributed by atoms with Crippen LogP contribution in [0.4, 0.5) is 5.82 Å². The van der Waals surface area contributed by atoms with E-state index in [4.69, 9.17) is 0 Å². The number of aryl methyl sites for hydroxylation is 1. The number of fused-ring (bicyclic) bond motifs is 1. The largest absolute Gasteiger partial charge is 0.367 e. The van der Waals surface area contributed by atoms with Crippen LogP contribution in [0.25, 0.3) is 5.52 Å². The van der Waals surface area contributed by atoms with Crippen LogP contribution in [0.5, 0.6) is 0 Å². The van der Waals surface area contributed by atoms with Gasteiger partial charge in [0.15, 0.2) is 5.82 Å². The van der Waals surface area contributed by atoms with Crippen molar-refractivity contribution in [3.05, 3.63) is 24.2 Å². The van der Waals surface area contributed by atoms with E-state index >= 15 is 0 Å². The highest BCUT2D eigenvalue weighted by Gasteiger charge is 2.18. The molecule has 0 saturated heterocycles. The highest BCUT2D eigenvalue weighted by Crippen LogP contribution is 2.22. The zero-order valence-corrected chi connectivity index (χ0v) is 12.3. The van der Waals surface area contributed by atoms with Crippen molar-refractivity contribution < 1.29 is 0 Å². The van der Waals surface area contributed by atoms with Gasteiger partial charge in [-0.2, -0.15) is 5.10 Å². The van der Waals surface area contributed by atoms with Crippen molar-refractivity contribution in [1.29, 1.82) is 0 Å². The zero-order chi connectivity index (χ0) is 13.9. The van der Waals surface area contributed by atoms with Gasteiger partial charge in [-0.05, 0) is 32.9 Å². The second-order valence-corrected chi connectivity index (χ2v) is 5.74. The van der Waals surface area contributed by atoms with Gasteiger partial charge in [-0.25, -0.2) is 9.50 Å². The number of nitrogens with zero attached hydrogens (tertiary/aromatic N) is 4. The van der Waals surface area contributed by atoms with Crippen LogP contribution in [0.3, 0.4) is 0 Å². The fourth-order valence-electron chi connectivity index (χ4n) is 3.06. The van der Waals surface area contributed by atoms with Crippen LogP contribution in [0.15, 0.2) is 18.5 Å². The Hall–Kier alpha value is -1.62. The Balaban J connectivity index is 1.59. The summed E-state index contributed by atoms with van der Waals surface area (Å²) in [5.41, 5.74) is 2.07. The maximum Gasteiger partial charge on any atom is 0.152 e. The molecule has 1 saturated carbocycles. The topological polar surface area (TPSA) is 45.5 Å². The summed E-state index contributed by atoms with van der Waals surface area (Å²) in [7, 11) is 2.23. The minimum atomic E-state index is 0.776. The van der Waals surface area contributed by atoms with Gasteiger partial charge in [0.25, 0.3) is 0 Å². The minimum absolute atomic E-state index is 0.776.